The van der Waals surface area contributed by atoms with Gasteiger partial charge in [0.1, 0.15) is 5.58 Å². The maximum Gasteiger partial charge on any atom is 0.289 e. The highest BCUT2D eigenvalue weighted by Gasteiger charge is 2.37. The second kappa shape index (κ2) is 8.40. The molecular formula is C25H24N2O4. The van der Waals surface area contributed by atoms with Gasteiger partial charge >= 0.3 is 0 Å². The van der Waals surface area contributed by atoms with Gasteiger partial charge in [-0.15, -0.1) is 0 Å². The van der Waals surface area contributed by atoms with E-state index in [0.29, 0.717) is 44.2 Å². The third kappa shape index (κ3) is 4.11. The van der Waals surface area contributed by atoms with E-state index >= 15 is 0 Å². The normalized spacial score (nSPS) is 21.4. The molecule has 1 aromatic heterocycles. The standard InChI is InChI=1S/C25H24N2O4/c28-24(11-10-18-6-2-1-3-7-18)27-14-19-13-26(15-21(27)17-30-16-19)25(29)23-12-20-8-4-5-9-22(20)31-23/h1-12,19,21H,13-17H2/t19-,21-/m0/s1. The van der Waals surface area contributed by atoms with Crippen molar-refractivity contribution in [1.82, 2.24) is 9.80 Å². The van der Waals surface area contributed by atoms with E-state index in [1.807, 2.05) is 70.5 Å². The van der Waals surface area contributed by atoms with Crippen LogP contribution in [0, 0.1) is 5.92 Å². The zero-order valence-electron chi connectivity index (χ0n) is 17.1. The van der Waals surface area contributed by atoms with Gasteiger partial charge in [-0.3, -0.25) is 9.59 Å². The number of fused-ring (bicyclic) bond motifs is 4. The van der Waals surface area contributed by atoms with E-state index in [-0.39, 0.29) is 23.8 Å². The SMILES string of the molecule is O=C(c1cc2ccccc2o1)N1C[C@@H]2COC[C@H](C1)N(C(=O)C=Cc1ccccc1)C2. The molecule has 0 spiro atoms. The van der Waals surface area contributed by atoms with Crippen LogP contribution in [0.15, 0.2) is 71.2 Å². The van der Waals surface area contributed by atoms with Gasteiger partial charge in [0.05, 0.1) is 19.3 Å². The maximum absolute atomic E-state index is 13.2. The van der Waals surface area contributed by atoms with Crippen molar-refractivity contribution in [3.05, 3.63) is 78.1 Å². The number of hydrogen-bond donors (Lipinski definition) is 0. The number of carbonyl (C=O) groups is 2. The fourth-order valence-electron chi connectivity index (χ4n) is 4.35. The van der Waals surface area contributed by atoms with Crippen LogP contribution in [0.3, 0.4) is 0 Å². The van der Waals surface area contributed by atoms with Gasteiger partial charge < -0.3 is 19.0 Å². The molecule has 0 aliphatic carbocycles. The highest BCUT2D eigenvalue weighted by atomic mass is 16.5. The first-order chi connectivity index (χ1) is 15.2. The molecule has 2 amide bonds. The molecule has 5 rings (SSSR count). The van der Waals surface area contributed by atoms with Gasteiger partial charge in [-0.2, -0.15) is 0 Å². The van der Waals surface area contributed by atoms with Gasteiger partial charge in [-0.05, 0) is 23.8 Å². The Balaban J connectivity index is 1.35. The maximum atomic E-state index is 13.2. The predicted octanol–water partition coefficient (Wildman–Crippen LogP) is 3.45. The Morgan fingerprint density at radius 2 is 1.74 bits per heavy atom. The van der Waals surface area contributed by atoms with Crippen molar-refractivity contribution < 1.29 is 18.7 Å². The largest absolute Gasteiger partial charge is 0.451 e. The highest BCUT2D eigenvalue weighted by molar-refractivity contribution is 5.96. The third-order valence-corrected chi connectivity index (χ3v) is 5.89. The van der Waals surface area contributed by atoms with E-state index in [1.165, 1.54) is 0 Å². The first-order valence-electron chi connectivity index (χ1n) is 10.6. The Hall–Kier alpha value is -3.38. The van der Waals surface area contributed by atoms with Crippen LogP contribution in [0.1, 0.15) is 16.1 Å². The minimum atomic E-state index is -0.186. The topological polar surface area (TPSA) is 63.0 Å². The first kappa shape index (κ1) is 19.6. The van der Waals surface area contributed by atoms with Crippen molar-refractivity contribution in [3.63, 3.8) is 0 Å². The predicted molar refractivity (Wildman–Crippen MR) is 117 cm³/mol. The van der Waals surface area contributed by atoms with E-state index in [0.717, 1.165) is 10.9 Å². The second-order valence-electron chi connectivity index (χ2n) is 8.15. The molecule has 0 unspecified atom stereocenters. The van der Waals surface area contributed by atoms with Crippen molar-refractivity contribution >= 4 is 28.9 Å². The number of furan rings is 1. The summed E-state index contributed by atoms with van der Waals surface area (Å²) in [5, 5.41) is 0.909. The van der Waals surface area contributed by atoms with Crippen LogP contribution in [-0.4, -0.2) is 60.5 Å². The Bertz CT molecular complexity index is 1090. The molecule has 0 radical (unpaired) electrons. The highest BCUT2D eigenvalue weighted by Crippen LogP contribution is 2.24. The summed E-state index contributed by atoms with van der Waals surface area (Å²) in [4.78, 5) is 29.9. The van der Waals surface area contributed by atoms with E-state index < -0.39 is 0 Å². The molecule has 2 aliphatic heterocycles. The van der Waals surface area contributed by atoms with Gasteiger partial charge in [0.25, 0.3) is 5.91 Å². The van der Waals surface area contributed by atoms with Gasteiger partial charge in [-0.25, -0.2) is 0 Å². The summed E-state index contributed by atoms with van der Waals surface area (Å²) in [5.74, 6) is 0.212. The molecule has 2 fully saturated rings. The average Bonchev–Trinajstić information content (AvgIpc) is 3.00. The average molecular weight is 416 g/mol. The number of amides is 2. The molecule has 2 saturated heterocycles. The summed E-state index contributed by atoms with van der Waals surface area (Å²) in [6.07, 6.45) is 3.44. The number of benzene rings is 2. The molecule has 2 atom stereocenters. The zero-order valence-corrected chi connectivity index (χ0v) is 17.1. The summed E-state index contributed by atoms with van der Waals surface area (Å²) in [5.41, 5.74) is 1.68. The minimum Gasteiger partial charge on any atom is -0.451 e. The first-order valence-corrected chi connectivity index (χ1v) is 10.6. The molecule has 0 saturated carbocycles. The molecule has 2 aromatic carbocycles. The number of para-hydroxylation sites is 1. The fourth-order valence-corrected chi connectivity index (χ4v) is 4.35. The van der Waals surface area contributed by atoms with Crippen molar-refractivity contribution in [2.45, 2.75) is 6.04 Å². The lowest BCUT2D eigenvalue weighted by Gasteiger charge is -2.30. The smallest absolute Gasteiger partial charge is 0.289 e. The Kier molecular flexibility index (Phi) is 5.30. The lowest BCUT2D eigenvalue weighted by atomic mass is 10.1. The van der Waals surface area contributed by atoms with Crippen LogP contribution >= 0.6 is 0 Å². The van der Waals surface area contributed by atoms with Gasteiger partial charge in [-0.1, -0.05) is 48.5 Å². The molecule has 2 bridgehead atoms. The third-order valence-electron chi connectivity index (χ3n) is 5.89. The van der Waals surface area contributed by atoms with Gasteiger partial charge in [0.2, 0.25) is 5.91 Å². The number of carbonyl (C=O) groups excluding carboxylic acids is 2. The van der Waals surface area contributed by atoms with Crippen LogP contribution in [0.25, 0.3) is 17.0 Å². The monoisotopic (exact) mass is 416 g/mol. The van der Waals surface area contributed by atoms with E-state index in [4.69, 9.17) is 9.15 Å². The van der Waals surface area contributed by atoms with Crippen LogP contribution < -0.4 is 0 Å². The minimum absolute atomic E-state index is 0.0533. The molecule has 31 heavy (non-hydrogen) atoms. The van der Waals surface area contributed by atoms with Crippen LogP contribution in [0.2, 0.25) is 0 Å². The Labute approximate surface area is 180 Å². The lowest BCUT2D eigenvalue weighted by Crippen LogP contribution is -2.47. The van der Waals surface area contributed by atoms with Crippen molar-refractivity contribution in [2.24, 2.45) is 5.92 Å². The number of ether oxygens (including phenoxy) is 1. The second-order valence-corrected chi connectivity index (χ2v) is 8.15. The van der Waals surface area contributed by atoms with Gasteiger partial charge in [0, 0.05) is 37.0 Å². The van der Waals surface area contributed by atoms with Gasteiger partial charge in [0.15, 0.2) is 5.76 Å². The summed E-state index contributed by atoms with van der Waals surface area (Å²) >= 11 is 0. The molecular weight excluding hydrogens is 392 g/mol. The number of hydrogen-bond acceptors (Lipinski definition) is 4. The Morgan fingerprint density at radius 1 is 0.935 bits per heavy atom. The summed E-state index contributed by atoms with van der Waals surface area (Å²) in [6.45, 7) is 2.50. The number of nitrogens with zero attached hydrogens (tertiary/aromatic N) is 2. The lowest BCUT2D eigenvalue weighted by molar-refractivity contribution is -0.128. The van der Waals surface area contributed by atoms with Crippen LogP contribution in [0.5, 0.6) is 0 Å². The zero-order chi connectivity index (χ0) is 21.2. The van der Waals surface area contributed by atoms with Crippen molar-refractivity contribution in [3.8, 4) is 0 Å². The molecule has 3 heterocycles. The van der Waals surface area contributed by atoms with Crippen LogP contribution in [-0.2, 0) is 9.53 Å². The molecule has 2 aliphatic rings. The van der Waals surface area contributed by atoms with Crippen molar-refractivity contribution in [1.29, 1.82) is 0 Å². The Morgan fingerprint density at radius 3 is 2.58 bits per heavy atom. The summed E-state index contributed by atoms with van der Waals surface area (Å²) < 4.78 is 11.6. The summed E-state index contributed by atoms with van der Waals surface area (Å²) in [7, 11) is 0. The summed E-state index contributed by atoms with van der Waals surface area (Å²) in [6, 6.07) is 19.0. The van der Waals surface area contributed by atoms with Crippen molar-refractivity contribution in [2.75, 3.05) is 32.8 Å². The van der Waals surface area contributed by atoms with E-state index in [9.17, 15) is 9.59 Å². The van der Waals surface area contributed by atoms with E-state index in [2.05, 4.69) is 0 Å². The fraction of sp³-hybridized carbons (Fsp3) is 0.280. The van der Waals surface area contributed by atoms with Crippen LogP contribution in [0.4, 0.5) is 0 Å². The quantitative estimate of drug-likeness (QED) is 0.614. The van der Waals surface area contributed by atoms with E-state index in [1.54, 1.807) is 12.1 Å². The molecule has 0 N–H and O–H groups in total. The molecule has 3 aromatic rings. The number of rotatable bonds is 3. The molecule has 158 valence electrons. The molecule has 6 heteroatoms. The molecule has 6 nitrogen and oxygen atoms in total.